The molecule has 0 heterocycles. The van der Waals surface area contributed by atoms with Crippen LogP contribution in [-0.2, 0) is 11.8 Å². The summed E-state index contributed by atoms with van der Waals surface area (Å²) in [4.78, 5) is 0. The van der Waals surface area contributed by atoms with Crippen LogP contribution in [0.2, 0.25) is 10.0 Å². The van der Waals surface area contributed by atoms with E-state index < -0.39 is 0 Å². The van der Waals surface area contributed by atoms with Crippen LogP contribution in [0.1, 0.15) is 11.1 Å². The Labute approximate surface area is 153 Å². The number of hydrogen-bond donors (Lipinski definition) is 0. The first kappa shape index (κ1) is 17.4. The quantitative estimate of drug-likeness (QED) is 0.466. The third-order valence-corrected chi connectivity index (χ3v) is 5.60. The van der Waals surface area contributed by atoms with Crippen LogP contribution in [0.15, 0.2) is 46.9 Å². The molecule has 0 saturated heterocycles. The standard InChI is InChI=1S/C16H13BrCl4/c17-13-3-1-2-12(6-13)16(9-18,10-19)8-11-4-5-14(20)7-15(11)21/h1-7H,8-10H2. The summed E-state index contributed by atoms with van der Waals surface area (Å²) in [6, 6.07) is 13.6. The van der Waals surface area contributed by atoms with Crippen LogP contribution in [0.5, 0.6) is 0 Å². The SMILES string of the molecule is ClCC(CCl)(Cc1ccc(Cl)cc1Cl)c1cccc(Br)c1. The van der Waals surface area contributed by atoms with E-state index >= 15 is 0 Å². The second kappa shape index (κ2) is 7.57. The summed E-state index contributed by atoms with van der Waals surface area (Å²) in [6.07, 6.45) is 0.659. The first-order chi connectivity index (χ1) is 10.0. The molecule has 0 aliphatic heterocycles. The lowest BCUT2D eigenvalue weighted by Gasteiger charge is -2.31. The lowest BCUT2D eigenvalue weighted by atomic mass is 9.79. The van der Waals surface area contributed by atoms with E-state index in [1.54, 1.807) is 6.07 Å². The van der Waals surface area contributed by atoms with Crippen molar-refractivity contribution in [3.63, 3.8) is 0 Å². The molecule has 0 atom stereocenters. The van der Waals surface area contributed by atoms with E-state index in [2.05, 4.69) is 22.0 Å². The summed E-state index contributed by atoms with van der Waals surface area (Å²) < 4.78 is 1.00. The van der Waals surface area contributed by atoms with Gasteiger partial charge in [0.05, 0.1) is 0 Å². The Hall–Kier alpha value is 0.0800. The summed E-state index contributed by atoms with van der Waals surface area (Å²) in [7, 11) is 0. The molecule has 0 amide bonds. The van der Waals surface area contributed by atoms with Crippen LogP contribution in [0.25, 0.3) is 0 Å². The molecule has 21 heavy (non-hydrogen) atoms. The number of halogens is 5. The Morgan fingerprint density at radius 2 is 1.67 bits per heavy atom. The third-order valence-electron chi connectivity index (χ3n) is 3.49. The van der Waals surface area contributed by atoms with Gasteiger partial charge in [0.2, 0.25) is 0 Å². The van der Waals surface area contributed by atoms with Gasteiger partial charge in [0.1, 0.15) is 0 Å². The fourth-order valence-corrected chi connectivity index (χ4v) is 3.89. The fraction of sp³-hybridized carbons (Fsp3) is 0.250. The summed E-state index contributed by atoms with van der Waals surface area (Å²) in [5.74, 6) is 0.817. The molecule has 2 aromatic rings. The molecule has 0 N–H and O–H groups in total. The molecular weight excluding hydrogens is 414 g/mol. The molecule has 0 saturated carbocycles. The van der Waals surface area contributed by atoms with Gasteiger partial charge in [0.15, 0.2) is 0 Å². The van der Waals surface area contributed by atoms with Gasteiger partial charge in [0, 0.05) is 31.7 Å². The molecule has 0 bridgehead atoms. The lowest BCUT2D eigenvalue weighted by molar-refractivity contribution is 0.536. The fourth-order valence-electron chi connectivity index (χ4n) is 2.23. The monoisotopic (exact) mass is 424 g/mol. The molecule has 2 rings (SSSR count). The summed E-state index contributed by atoms with van der Waals surface area (Å²) in [5.41, 5.74) is 1.71. The summed E-state index contributed by atoms with van der Waals surface area (Å²) in [6.45, 7) is 0. The Morgan fingerprint density at radius 1 is 0.952 bits per heavy atom. The Morgan fingerprint density at radius 3 is 2.24 bits per heavy atom. The molecular formula is C16H13BrCl4. The molecule has 0 aliphatic carbocycles. The van der Waals surface area contributed by atoms with Crippen molar-refractivity contribution in [2.24, 2.45) is 0 Å². The molecule has 0 fully saturated rings. The van der Waals surface area contributed by atoms with Gasteiger partial charge in [0.25, 0.3) is 0 Å². The first-order valence-corrected chi connectivity index (χ1v) is 8.94. The molecule has 5 heteroatoms. The lowest BCUT2D eigenvalue weighted by Crippen LogP contribution is -2.33. The van der Waals surface area contributed by atoms with Crippen molar-refractivity contribution in [1.82, 2.24) is 0 Å². The Kier molecular flexibility index (Phi) is 6.28. The maximum absolute atomic E-state index is 6.29. The van der Waals surface area contributed by atoms with E-state index in [4.69, 9.17) is 46.4 Å². The van der Waals surface area contributed by atoms with Crippen molar-refractivity contribution in [2.75, 3.05) is 11.8 Å². The van der Waals surface area contributed by atoms with Gasteiger partial charge in [-0.05, 0) is 41.8 Å². The van der Waals surface area contributed by atoms with Gasteiger partial charge in [-0.25, -0.2) is 0 Å². The van der Waals surface area contributed by atoms with Gasteiger partial charge >= 0.3 is 0 Å². The molecule has 112 valence electrons. The van der Waals surface area contributed by atoms with Gasteiger partial charge in [-0.3, -0.25) is 0 Å². The van der Waals surface area contributed by atoms with Gasteiger partial charge in [-0.1, -0.05) is 57.3 Å². The van der Waals surface area contributed by atoms with E-state index in [1.807, 2.05) is 30.3 Å². The van der Waals surface area contributed by atoms with Crippen molar-refractivity contribution in [3.8, 4) is 0 Å². The average molecular weight is 427 g/mol. The number of hydrogen-bond acceptors (Lipinski definition) is 0. The largest absolute Gasteiger partial charge is 0.126 e. The second-order valence-corrected chi connectivity index (χ2v) is 7.26. The second-order valence-electron chi connectivity index (χ2n) is 4.97. The van der Waals surface area contributed by atoms with Crippen LogP contribution in [0.3, 0.4) is 0 Å². The van der Waals surface area contributed by atoms with E-state index in [9.17, 15) is 0 Å². The minimum atomic E-state index is -0.371. The van der Waals surface area contributed by atoms with Crippen LogP contribution in [0, 0.1) is 0 Å². The summed E-state index contributed by atoms with van der Waals surface area (Å²) in [5, 5.41) is 1.26. The zero-order valence-corrected chi connectivity index (χ0v) is 15.7. The number of benzene rings is 2. The maximum atomic E-state index is 6.29. The van der Waals surface area contributed by atoms with Crippen LogP contribution in [0.4, 0.5) is 0 Å². The zero-order chi connectivity index (χ0) is 15.5. The zero-order valence-electron chi connectivity index (χ0n) is 11.1. The predicted octanol–water partition coefficient (Wildman–Crippen LogP) is 6.71. The minimum Gasteiger partial charge on any atom is -0.126 e. The molecule has 0 nitrogen and oxygen atoms in total. The smallest absolute Gasteiger partial charge is 0.0453 e. The van der Waals surface area contributed by atoms with E-state index in [0.717, 1.165) is 15.6 Å². The number of alkyl halides is 2. The molecule has 0 unspecified atom stereocenters. The first-order valence-electron chi connectivity index (χ1n) is 6.33. The van der Waals surface area contributed by atoms with Gasteiger partial charge in [-0.2, -0.15) is 0 Å². The van der Waals surface area contributed by atoms with Gasteiger partial charge < -0.3 is 0 Å². The highest BCUT2D eigenvalue weighted by Gasteiger charge is 2.32. The van der Waals surface area contributed by atoms with Crippen molar-refractivity contribution in [3.05, 3.63) is 68.1 Å². The Balaban J connectivity index is 2.43. The van der Waals surface area contributed by atoms with Gasteiger partial charge in [-0.15, -0.1) is 23.2 Å². The maximum Gasteiger partial charge on any atom is 0.0453 e. The molecule has 0 spiro atoms. The third kappa shape index (κ3) is 4.09. The molecule has 0 aliphatic rings. The van der Waals surface area contributed by atoms with Crippen LogP contribution >= 0.6 is 62.3 Å². The highest BCUT2D eigenvalue weighted by Crippen LogP contribution is 2.35. The van der Waals surface area contributed by atoms with Crippen LogP contribution in [-0.4, -0.2) is 11.8 Å². The highest BCUT2D eigenvalue weighted by atomic mass is 79.9. The number of rotatable bonds is 5. The van der Waals surface area contributed by atoms with E-state index in [0.29, 0.717) is 28.2 Å². The predicted molar refractivity (Wildman–Crippen MR) is 97.4 cm³/mol. The van der Waals surface area contributed by atoms with Crippen LogP contribution < -0.4 is 0 Å². The summed E-state index contributed by atoms with van der Waals surface area (Å²) >= 11 is 28.3. The van der Waals surface area contributed by atoms with Crippen molar-refractivity contribution >= 4 is 62.3 Å². The molecule has 0 aromatic heterocycles. The average Bonchev–Trinajstić information content (AvgIpc) is 2.47. The topological polar surface area (TPSA) is 0 Å². The normalized spacial score (nSPS) is 11.7. The minimum absolute atomic E-state index is 0.371. The van der Waals surface area contributed by atoms with Crippen molar-refractivity contribution in [2.45, 2.75) is 11.8 Å². The van der Waals surface area contributed by atoms with Crippen molar-refractivity contribution < 1.29 is 0 Å². The Bertz CT molecular complexity index is 623. The highest BCUT2D eigenvalue weighted by molar-refractivity contribution is 9.10. The van der Waals surface area contributed by atoms with E-state index in [1.165, 1.54) is 0 Å². The van der Waals surface area contributed by atoms with E-state index in [-0.39, 0.29) is 5.41 Å². The molecule has 2 aromatic carbocycles. The molecule has 0 radical (unpaired) electrons. The van der Waals surface area contributed by atoms with Crippen molar-refractivity contribution in [1.29, 1.82) is 0 Å².